The molecule has 0 aliphatic rings. The summed E-state index contributed by atoms with van der Waals surface area (Å²) in [5, 5.41) is 9.87. The van der Waals surface area contributed by atoms with Crippen molar-refractivity contribution in [2.24, 2.45) is 0 Å². The lowest BCUT2D eigenvalue weighted by Crippen LogP contribution is -2.10. The fourth-order valence-electron chi connectivity index (χ4n) is 2.64. The fourth-order valence-corrected chi connectivity index (χ4v) is 3.57. The molecular formula is C21H21NO5S. The number of thiazole rings is 1. The lowest BCUT2D eigenvalue weighted by molar-refractivity contribution is 0.0701. The minimum Gasteiger partial charge on any atom is -0.493 e. The molecule has 1 heterocycles. The number of carboxylic acid groups (broad SMARTS) is 1. The van der Waals surface area contributed by atoms with Crippen LogP contribution in [-0.4, -0.2) is 36.4 Å². The molecule has 3 aromatic rings. The molecule has 0 aliphatic carbocycles. The molecule has 0 aliphatic heterocycles. The van der Waals surface area contributed by atoms with Gasteiger partial charge in [0.25, 0.3) is 0 Å². The maximum atomic E-state index is 11.3. The van der Waals surface area contributed by atoms with Crippen molar-refractivity contribution < 1.29 is 24.1 Å². The van der Waals surface area contributed by atoms with Crippen molar-refractivity contribution >= 4 is 17.3 Å². The van der Waals surface area contributed by atoms with Gasteiger partial charge in [-0.2, -0.15) is 0 Å². The predicted molar refractivity (Wildman–Crippen MR) is 108 cm³/mol. The van der Waals surface area contributed by atoms with Gasteiger partial charge in [-0.3, -0.25) is 0 Å². The Balaban J connectivity index is 1.77. The fraction of sp³-hybridized carbons (Fsp3) is 0.238. The van der Waals surface area contributed by atoms with Gasteiger partial charge >= 0.3 is 5.97 Å². The number of benzene rings is 2. The summed E-state index contributed by atoms with van der Waals surface area (Å²) >= 11 is 1.11. The Hall–Kier alpha value is -3.06. The van der Waals surface area contributed by atoms with E-state index in [1.165, 1.54) is 5.56 Å². The molecule has 0 unspecified atom stereocenters. The van der Waals surface area contributed by atoms with E-state index in [4.69, 9.17) is 14.2 Å². The molecular weight excluding hydrogens is 378 g/mol. The van der Waals surface area contributed by atoms with Crippen LogP contribution >= 0.6 is 11.3 Å². The number of carbonyl (C=O) groups is 1. The molecule has 6 nitrogen and oxygen atoms in total. The monoisotopic (exact) mass is 399 g/mol. The molecule has 7 heteroatoms. The largest absolute Gasteiger partial charge is 0.493 e. The lowest BCUT2D eigenvalue weighted by Gasteiger charge is -2.14. The van der Waals surface area contributed by atoms with E-state index in [0.29, 0.717) is 41.0 Å². The summed E-state index contributed by atoms with van der Waals surface area (Å²) in [5.41, 5.74) is 2.33. The third kappa shape index (κ3) is 4.43. The van der Waals surface area contributed by atoms with E-state index in [1.807, 2.05) is 43.3 Å². The van der Waals surface area contributed by atoms with Gasteiger partial charge < -0.3 is 19.3 Å². The zero-order chi connectivity index (χ0) is 20.1. The summed E-state index contributed by atoms with van der Waals surface area (Å²) in [6.07, 6.45) is 0. The summed E-state index contributed by atoms with van der Waals surface area (Å²) in [6, 6.07) is 13.2. The Bertz CT molecular complexity index is 965. The molecule has 0 saturated carbocycles. The van der Waals surface area contributed by atoms with Gasteiger partial charge in [-0.25, -0.2) is 9.78 Å². The zero-order valence-corrected chi connectivity index (χ0v) is 16.7. The minimum atomic E-state index is -0.988. The minimum absolute atomic E-state index is 0.214. The summed E-state index contributed by atoms with van der Waals surface area (Å²) in [7, 11) is 1.56. The van der Waals surface area contributed by atoms with Crippen molar-refractivity contribution in [3.05, 3.63) is 58.6 Å². The van der Waals surface area contributed by atoms with E-state index in [1.54, 1.807) is 20.1 Å². The first-order valence-corrected chi connectivity index (χ1v) is 9.51. The highest BCUT2D eigenvalue weighted by atomic mass is 32.1. The van der Waals surface area contributed by atoms with Crippen molar-refractivity contribution in [1.29, 1.82) is 0 Å². The van der Waals surface area contributed by atoms with Crippen molar-refractivity contribution in [2.45, 2.75) is 13.8 Å². The number of aromatic carboxylic acids is 1. The number of nitrogens with zero attached hydrogens (tertiary/aromatic N) is 1. The van der Waals surface area contributed by atoms with E-state index >= 15 is 0 Å². The van der Waals surface area contributed by atoms with Crippen molar-refractivity contribution in [3.63, 3.8) is 0 Å². The molecule has 0 fully saturated rings. The average Bonchev–Trinajstić information content (AvgIpc) is 3.08. The van der Waals surface area contributed by atoms with Crippen LogP contribution in [0.25, 0.3) is 10.6 Å². The van der Waals surface area contributed by atoms with Crippen LogP contribution in [0, 0.1) is 13.8 Å². The topological polar surface area (TPSA) is 77.9 Å². The van der Waals surface area contributed by atoms with Gasteiger partial charge in [-0.1, -0.05) is 23.8 Å². The maximum absolute atomic E-state index is 11.3. The van der Waals surface area contributed by atoms with Crippen molar-refractivity contribution in [1.82, 2.24) is 4.98 Å². The number of methoxy groups -OCH3 is 1. The van der Waals surface area contributed by atoms with E-state index < -0.39 is 5.97 Å². The number of ether oxygens (including phenoxy) is 3. The first-order valence-electron chi connectivity index (χ1n) is 8.70. The molecule has 0 bridgehead atoms. The van der Waals surface area contributed by atoms with Crippen LogP contribution in [0.5, 0.6) is 17.2 Å². The number of hydrogen-bond donors (Lipinski definition) is 1. The third-order valence-electron chi connectivity index (χ3n) is 4.04. The van der Waals surface area contributed by atoms with Gasteiger partial charge in [-0.15, -0.1) is 11.3 Å². The summed E-state index contributed by atoms with van der Waals surface area (Å²) in [4.78, 5) is 15.9. The molecule has 2 aromatic carbocycles. The van der Waals surface area contributed by atoms with Crippen LogP contribution in [0.4, 0.5) is 0 Å². The van der Waals surface area contributed by atoms with Crippen LogP contribution in [0.15, 0.2) is 42.5 Å². The molecule has 0 radical (unpaired) electrons. The second kappa shape index (κ2) is 8.75. The molecule has 3 rings (SSSR count). The molecule has 1 N–H and O–H groups in total. The van der Waals surface area contributed by atoms with E-state index in [0.717, 1.165) is 17.1 Å². The van der Waals surface area contributed by atoms with Crippen molar-refractivity contribution in [3.8, 4) is 27.8 Å². The number of para-hydroxylation sites is 1. The smallest absolute Gasteiger partial charge is 0.347 e. The van der Waals surface area contributed by atoms with Crippen LogP contribution in [0.2, 0.25) is 0 Å². The number of aryl methyl sites for hydroxylation is 2. The van der Waals surface area contributed by atoms with Crippen LogP contribution in [0.1, 0.15) is 20.9 Å². The molecule has 146 valence electrons. The zero-order valence-electron chi connectivity index (χ0n) is 15.9. The first-order chi connectivity index (χ1) is 13.5. The Morgan fingerprint density at radius 1 is 1.07 bits per heavy atom. The Morgan fingerprint density at radius 3 is 2.43 bits per heavy atom. The molecule has 1 aromatic heterocycles. The summed E-state index contributed by atoms with van der Waals surface area (Å²) in [6.45, 7) is 4.36. The van der Waals surface area contributed by atoms with Gasteiger partial charge in [-0.05, 0) is 38.1 Å². The van der Waals surface area contributed by atoms with Gasteiger partial charge in [0.05, 0.1) is 18.4 Å². The number of rotatable bonds is 8. The van der Waals surface area contributed by atoms with Gasteiger partial charge in [0.1, 0.15) is 28.8 Å². The molecule has 0 amide bonds. The first kappa shape index (κ1) is 19.7. The molecule has 0 saturated heterocycles. The van der Waals surface area contributed by atoms with Gasteiger partial charge in [0.15, 0.2) is 11.5 Å². The van der Waals surface area contributed by atoms with E-state index in [2.05, 4.69) is 4.98 Å². The van der Waals surface area contributed by atoms with E-state index in [9.17, 15) is 9.90 Å². The normalized spacial score (nSPS) is 10.5. The van der Waals surface area contributed by atoms with Gasteiger partial charge in [0, 0.05) is 0 Å². The molecule has 0 spiro atoms. The Kier molecular flexibility index (Phi) is 6.16. The standard InChI is InChI=1S/C21H21NO5S/c1-13-7-9-15(10-8-13)26-11-12-27-18-16(5-4-6-17(18)25-3)20-22-14(2)19(28-20)21(23)24/h4-10H,11-12H2,1-3H3,(H,23,24). The highest BCUT2D eigenvalue weighted by Gasteiger charge is 2.20. The average molecular weight is 399 g/mol. The van der Waals surface area contributed by atoms with Gasteiger partial charge in [0.2, 0.25) is 0 Å². The predicted octanol–water partition coefficient (Wildman–Crippen LogP) is 4.59. The van der Waals surface area contributed by atoms with Crippen LogP contribution < -0.4 is 14.2 Å². The number of aromatic nitrogens is 1. The third-order valence-corrected chi connectivity index (χ3v) is 5.22. The highest BCUT2D eigenvalue weighted by Crippen LogP contribution is 2.40. The second-order valence-electron chi connectivity index (χ2n) is 6.09. The molecule has 0 atom stereocenters. The Morgan fingerprint density at radius 2 is 1.79 bits per heavy atom. The summed E-state index contributed by atoms with van der Waals surface area (Å²) in [5.74, 6) is 0.856. The van der Waals surface area contributed by atoms with Crippen LogP contribution in [0.3, 0.4) is 0 Å². The van der Waals surface area contributed by atoms with E-state index in [-0.39, 0.29) is 4.88 Å². The number of hydrogen-bond acceptors (Lipinski definition) is 6. The summed E-state index contributed by atoms with van der Waals surface area (Å²) < 4.78 is 17.1. The quantitative estimate of drug-likeness (QED) is 0.558. The highest BCUT2D eigenvalue weighted by molar-refractivity contribution is 7.17. The lowest BCUT2D eigenvalue weighted by atomic mass is 10.2. The molecule has 28 heavy (non-hydrogen) atoms. The second-order valence-corrected chi connectivity index (χ2v) is 7.08. The number of carboxylic acids is 1. The Labute approximate surface area is 167 Å². The van der Waals surface area contributed by atoms with Crippen molar-refractivity contribution in [2.75, 3.05) is 20.3 Å². The maximum Gasteiger partial charge on any atom is 0.347 e. The SMILES string of the molecule is COc1cccc(-c2nc(C)c(C(=O)O)s2)c1OCCOc1ccc(C)cc1. The van der Waals surface area contributed by atoms with Crippen LogP contribution in [-0.2, 0) is 0 Å².